The molecule has 2 aliphatic carbocycles. The van der Waals surface area contributed by atoms with E-state index >= 15 is 0 Å². The van der Waals surface area contributed by atoms with E-state index in [-0.39, 0.29) is 33.8 Å². The fourth-order valence-corrected chi connectivity index (χ4v) is 11.8. The van der Waals surface area contributed by atoms with Gasteiger partial charge < -0.3 is 9.47 Å². The lowest BCUT2D eigenvalue weighted by atomic mass is 9.33. The third-order valence-electron chi connectivity index (χ3n) is 15.3. The molecule has 7 aromatic rings. The van der Waals surface area contributed by atoms with E-state index < -0.39 is 0 Å². The van der Waals surface area contributed by atoms with Crippen LogP contribution in [0.2, 0.25) is 0 Å². The summed E-state index contributed by atoms with van der Waals surface area (Å²) in [4.78, 5) is 2.71. The van der Waals surface area contributed by atoms with Gasteiger partial charge in [0, 0.05) is 44.5 Å². The Labute approximate surface area is 358 Å². The number of nitrogens with zero attached hydrogens (tertiary/aromatic N) is 2. The van der Waals surface area contributed by atoms with E-state index in [0.29, 0.717) is 0 Å². The summed E-state index contributed by atoms with van der Waals surface area (Å²) in [5.74, 6) is 0. The van der Waals surface area contributed by atoms with E-state index in [1.54, 1.807) is 0 Å². The van der Waals surface area contributed by atoms with Gasteiger partial charge in [0.2, 0.25) is 0 Å². The van der Waals surface area contributed by atoms with Crippen molar-refractivity contribution in [2.45, 2.75) is 123 Å². The molecule has 0 atom stereocenters. The zero-order valence-corrected chi connectivity index (χ0v) is 37.9. The Kier molecular flexibility index (Phi) is 7.52. The normalized spacial score (nSPS) is 17.5. The second-order valence-corrected chi connectivity index (χ2v) is 22.5. The van der Waals surface area contributed by atoms with Gasteiger partial charge in [-0.25, -0.2) is 0 Å². The van der Waals surface area contributed by atoms with Crippen LogP contribution in [0.1, 0.15) is 129 Å². The fraction of sp³-hybridized carbons (Fsp3) is 0.333. The second-order valence-electron chi connectivity index (χ2n) is 22.5. The summed E-state index contributed by atoms with van der Waals surface area (Å²) in [7, 11) is 0. The number of aromatic nitrogens is 1. The smallest absolute Gasteiger partial charge is 0.252 e. The predicted molar refractivity (Wildman–Crippen MR) is 258 cm³/mol. The Balaban J connectivity index is 1.34. The van der Waals surface area contributed by atoms with Crippen LogP contribution < -0.4 is 21.3 Å². The summed E-state index contributed by atoms with van der Waals surface area (Å²) < 4.78 is 2.72. The molecule has 0 bridgehead atoms. The van der Waals surface area contributed by atoms with E-state index in [4.69, 9.17) is 0 Å². The van der Waals surface area contributed by atoms with Crippen molar-refractivity contribution in [3.8, 4) is 28.1 Å². The van der Waals surface area contributed by atoms with Gasteiger partial charge in [0.05, 0.1) is 11.4 Å². The van der Waals surface area contributed by atoms with Gasteiger partial charge in [0.25, 0.3) is 6.71 Å². The number of fused-ring (bicyclic) bond motifs is 10. The summed E-state index contributed by atoms with van der Waals surface area (Å²) >= 11 is 0. The first kappa shape index (κ1) is 37.7. The van der Waals surface area contributed by atoms with Gasteiger partial charge in [0.1, 0.15) is 0 Å². The largest absolute Gasteiger partial charge is 0.311 e. The highest BCUT2D eigenvalue weighted by molar-refractivity contribution is 7.00. The summed E-state index contributed by atoms with van der Waals surface area (Å²) in [5.41, 5.74) is 24.6. The summed E-state index contributed by atoms with van der Waals surface area (Å²) in [5, 5.41) is 1.39. The van der Waals surface area contributed by atoms with Crippen molar-refractivity contribution in [3.63, 3.8) is 0 Å². The quantitative estimate of drug-likeness (QED) is 0.159. The average Bonchev–Trinajstić information content (AvgIpc) is 3.68. The summed E-state index contributed by atoms with van der Waals surface area (Å²) in [6.07, 6.45) is 2.36. The van der Waals surface area contributed by atoms with E-state index in [1.165, 1.54) is 119 Å². The zero-order valence-electron chi connectivity index (χ0n) is 37.9. The van der Waals surface area contributed by atoms with Crippen LogP contribution >= 0.6 is 0 Å². The number of hydrogen-bond acceptors (Lipinski definition) is 1. The molecule has 0 unspecified atom stereocenters. The molecule has 2 nitrogen and oxygen atoms in total. The summed E-state index contributed by atoms with van der Waals surface area (Å²) in [6, 6.07) is 45.4. The minimum atomic E-state index is -0.128. The second kappa shape index (κ2) is 12.0. The van der Waals surface area contributed by atoms with Gasteiger partial charge in [-0.3, -0.25) is 0 Å². The first-order valence-corrected chi connectivity index (χ1v) is 22.4. The molecule has 6 aromatic carbocycles. The van der Waals surface area contributed by atoms with Crippen LogP contribution in [0.15, 0.2) is 115 Å². The van der Waals surface area contributed by atoms with Gasteiger partial charge >= 0.3 is 0 Å². The molecule has 1 aromatic heterocycles. The third-order valence-corrected chi connectivity index (χ3v) is 15.3. The van der Waals surface area contributed by atoms with E-state index in [9.17, 15) is 0 Å². The first-order valence-electron chi connectivity index (χ1n) is 22.4. The molecular weight excluding hydrogens is 723 g/mol. The molecule has 0 saturated heterocycles. The lowest BCUT2D eigenvalue weighted by Gasteiger charge is -2.46. The molecule has 300 valence electrons. The van der Waals surface area contributed by atoms with Crippen LogP contribution in [0, 0.1) is 0 Å². The summed E-state index contributed by atoms with van der Waals surface area (Å²) in [6.45, 7) is 29.1. The van der Waals surface area contributed by atoms with Crippen LogP contribution in [-0.4, -0.2) is 11.3 Å². The Morgan fingerprint density at radius 1 is 0.517 bits per heavy atom. The molecule has 60 heavy (non-hydrogen) atoms. The molecule has 11 rings (SSSR count). The Morgan fingerprint density at radius 2 is 1.17 bits per heavy atom. The van der Waals surface area contributed by atoms with Gasteiger partial charge in [-0.15, -0.1) is 0 Å². The van der Waals surface area contributed by atoms with Crippen LogP contribution in [0.3, 0.4) is 0 Å². The Hall–Kier alpha value is -5.28. The van der Waals surface area contributed by atoms with Crippen molar-refractivity contribution in [2.75, 3.05) is 4.90 Å². The number of benzene rings is 6. The minimum Gasteiger partial charge on any atom is -0.311 e. The van der Waals surface area contributed by atoms with Crippen molar-refractivity contribution in [1.82, 2.24) is 4.57 Å². The van der Waals surface area contributed by atoms with Gasteiger partial charge in [-0.2, -0.15) is 0 Å². The molecule has 3 heteroatoms. The predicted octanol–water partition coefficient (Wildman–Crippen LogP) is 13.2. The molecular formula is C57H59BN2. The topological polar surface area (TPSA) is 8.17 Å². The van der Waals surface area contributed by atoms with Crippen LogP contribution in [0.25, 0.3) is 39.0 Å². The van der Waals surface area contributed by atoms with E-state index in [0.717, 1.165) is 0 Å². The highest BCUT2D eigenvalue weighted by Gasteiger charge is 2.49. The maximum absolute atomic E-state index is 2.72. The fourth-order valence-electron chi connectivity index (χ4n) is 11.8. The van der Waals surface area contributed by atoms with Crippen molar-refractivity contribution >= 4 is 51.1 Å². The molecule has 0 saturated carbocycles. The van der Waals surface area contributed by atoms with Gasteiger partial charge in [-0.1, -0.05) is 168 Å². The third kappa shape index (κ3) is 5.01. The van der Waals surface area contributed by atoms with E-state index in [1.807, 2.05) is 0 Å². The van der Waals surface area contributed by atoms with Gasteiger partial charge in [-0.05, 0) is 120 Å². The highest BCUT2D eigenvalue weighted by Crippen LogP contribution is 2.56. The van der Waals surface area contributed by atoms with Crippen LogP contribution in [0.5, 0.6) is 0 Å². The molecule has 3 heterocycles. The molecule has 2 aliphatic heterocycles. The standard InChI is InChI=1S/C57H59BN2/c1-53(2,3)35-25-26-45(39(29-35)34-19-14-13-15-20-34)59-46-33-42-41(55(7,8)27-28-56(42,9)10)32-44(46)58-43-24-18-22-38-49-52(37-21-16-17-23-40(37)57(49,11)12)60(51(38)43)48-31-36(54(4,5)6)30-47(59)50(48)58/h13-26,29-33H,27-28H2,1-12H3. The van der Waals surface area contributed by atoms with Crippen molar-refractivity contribution in [2.24, 2.45) is 0 Å². The average molecular weight is 783 g/mol. The van der Waals surface area contributed by atoms with Crippen LogP contribution in [0.4, 0.5) is 17.1 Å². The molecule has 0 radical (unpaired) electrons. The number of anilines is 3. The molecule has 0 amide bonds. The zero-order chi connectivity index (χ0) is 42.1. The van der Waals surface area contributed by atoms with Crippen molar-refractivity contribution in [3.05, 3.63) is 149 Å². The number of hydrogen-bond donors (Lipinski definition) is 0. The first-order chi connectivity index (χ1) is 28.3. The molecule has 0 N–H and O–H groups in total. The Bertz CT molecular complexity index is 2980. The van der Waals surface area contributed by atoms with Crippen LogP contribution in [-0.2, 0) is 27.1 Å². The SMILES string of the molecule is CC(C)(C)c1ccc(N2c3cc4c(cc3B3c5c2cc(C(C)(C)C)cc5-n2c5c(c6cccc3c62)C(C)(C)c2ccccc2-5)C(C)(C)CCC4(C)C)c(-c2ccccc2)c1. The maximum Gasteiger partial charge on any atom is 0.252 e. The number of rotatable bonds is 2. The Morgan fingerprint density at radius 3 is 1.87 bits per heavy atom. The monoisotopic (exact) mass is 782 g/mol. The van der Waals surface area contributed by atoms with Crippen molar-refractivity contribution in [1.29, 1.82) is 0 Å². The van der Waals surface area contributed by atoms with E-state index in [2.05, 4.69) is 208 Å². The minimum absolute atomic E-state index is 0.000901. The van der Waals surface area contributed by atoms with Crippen molar-refractivity contribution < 1.29 is 0 Å². The maximum atomic E-state index is 2.72. The highest BCUT2D eigenvalue weighted by atomic mass is 15.2. The van der Waals surface area contributed by atoms with Gasteiger partial charge in [0.15, 0.2) is 0 Å². The number of para-hydroxylation sites is 1. The lowest BCUT2D eigenvalue weighted by molar-refractivity contribution is 0.332. The lowest BCUT2D eigenvalue weighted by Crippen LogP contribution is -2.61. The molecule has 0 spiro atoms. The molecule has 0 fully saturated rings. The molecule has 4 aliphatic rings.